The predicted octanol–water partition coefficient (Wildman–Crippen LogP) is 6.18. The molecule has 5 rings (SSSR count). The number of pyridine rings is 1. The molecule has 1 aliphatic carbocycles. The Hall–Kier alpha value is -3.02. The molecule has 1 saturated carbocycles. The molecule has 2 heterocycles. The van der Waals surface area contributed by atoms with Crippen LogP contribution in [0.25, 0.3) is 32.3 Å². The van der Waals surface area contributed by atoms with Gasteiger partial charge in [-0.1, -0.05) is 54.6 Å². The van der Waals surface area contributed by atoms with Crippen molar-refractivity contribution < 1.29 is 9.84 Å². The third kappa shape index (κ3) is 3.99. The summed E-state index contributed by atoms with van der Waals surface area (Å²) in [6.45, 7) is 1.91. The topological polar surface area (TPSA) is 55.2 Å². The number of hydrogen-bond donors (Lipinski definition) is 1. The highest BCUT2D eigenvalue weighted by atomic mass is 32.1. The summed E-state index contributed by atoms with van der Waals surface area (Å²) in [6.07, 6.45) is 3.46. The van der Waals surface area contributed by atoms with Gasteiger partial charge in [0.05, 0.1) is 23.3 Å². The Labute approximate surface area is 186 Å². The molecule has 1 aliphatic rings. The maximum Gasteiger partial charge on any atom is 0.212 e. The summed E-state index contributed by atoms with van der Waals surface area (Å²) >= 11 is 1.67. The average molecular weight is 429 g/mol. The lowest BCUT2D eigenvalue weighted by molar-refractivity contribution is -0.0313. The Morgan fingerprint density at radius 3 is 2.26 bits per heavy atom. The standard InChI is InChI=1S/C26H24N2O2S/c1-26(29)14-21(15-26)17-8-10-18(11-9-17)23-24(19-6-4-3-5-7-19)31-25(28-23)20-12-13-22(30-2)27-16-20/h3-13,16,21,29H,14-15H2,1-2H3. The minimum atomic E-state index is -0.514. The van der Waals surface area contributed by atoms with Gasteiger partial charge < -0.3 is 9.84 Å². The van der Waals surface area contributed by atoms with Gasteiger partial charge in [-0.3, -0.25) is 0 Å². The zero-order valence-electron chi connectivity index (χ0n) is 17.6. The summed E-state index contributed by atoms with van der Waals surface area (Å²) in [5, 5.41) is 11.0. The van der Waals surface area contributed by atoms with Crippen LogP contribution in [-0.4, -0.2) is 27.8 Å². The van der Waals surface area contributed by atoms with Gasteiger partial charge in [-0.2, -0.15) is 0 Å². The van der Waals surface area contributed by atoms with Gasteiger partial charge in [0, 0.05) is 23.4 Å². The highest BCUT2D eigenvalue weighted by molar-refractivity contribution is 7.19. The van der Waals surface area contributed by atoms with Gasteiger partial charge >= 0.3 is 0 Å². The fraction of sp³-hybridized carbons (Fsp3) is 0.231. The average Bonchev–Trinajstić information content (AvgIpc) is 3.24. The lowest BCUT2D eigenvalue weighted by Gasteiger charge is -2.41. The molecule has 2 aromatic carbocycles. The van der Waals surface area contributed by atoms with Gasteiger partial charge in [0.15, 0.2) is 0 Å². The van der Waals surface area contributed by atoms with Crippen LogP contribution >= 0.6 is 11.3 Å². The first kappa shape index (κ1) is 19.9. The number of nitrogens with zero attached hydrogens (tertiary/aromatic N) is 2. The number of benzene rings is 2. The van der Waals surface area contributed by atoms with Gasteiger partial charge in [0.25, 0.3) is 0 Å². The van der Waals surface area contributed by atoms with Crippen molar-refractivity contribution in [3.05, 3.63) is 78.5 Å². The Balaban J connectivity index is 1.53. The van der Waals surface area contributed by atoms with Crippen molar-refractivity contribution in [2.45, 2.75) is 31.3 Å². The predicted molar refractivity (Wildman–Crippen MR) is 125 cm³/mol. The molecule has 4 nitrogen and oxygen atoms in total. The molecule has 4 aromatic rings. The first-order valence-corrected chi connectivity index (χ1v) is 11.2. The molecule has 0 saturated heterocycles. The number of methoxy groups -OCH3 is 1. The van der Waals surface area contributed by atoms with E-state index in [2.05, 4.69) is 53.5 Å². The van der Waals surface area contributed by atoms with Crippen LogP contribution < -0.4 is 4.74 Å². The van der Waals surface area contributed by atoms with Crippen LogP contribution in [0.5, 0.6) is 5.88 Å². The highest BCUT2D eigenvalue weighted by Crippen LogP contribution is 2.45. The molecule has 0 spiro atoms. The Morgan fingerprint density at radius 2 is 1.65 bits per heavy atom. The van der Waals surface area contributed by atoms with E-state index in [9.17, 15) is 5.11 Å². The Kier molecular flexibility index (Phi) is 5.08. The van der Waals surface area contributed by atoms with E-state index < -0.39 is 5.60 Å². The van der Waals surface area contributed by atoms with Gasteiger partial charge in [-0.15, -0.1) is 11.3 Å². The van der Waals surface area contributed by atoms with Crippen LogP contribution in [0.2, 0.25) is 0 Å². The zero-order chi connectivity index (χ0) is 21.4. The zero-order valence-corrected chi connectivity index (χ0v) is 18.4. The lowest BCUT2D eigenvalue weighted by Crippen LogP contribution is -2.39. The molecule has 0 bridgehead atoms. The number of ether oxygens (including phenoxy) is 1. The fourth-order valence-electron chi connectivity index (χ4n) is 4.20. The van der Waals surface area contributed by atoms with E-state index in [1.54, 1.807) is 18.4 Å². The molecular formula is C26H24N2O2S. The van der Waals surface area contributed by atoms with E-state index in [1.165, 1.54) is 5.56 Å². The molecule has 0 unspecified atom stereocenters. The highest BCUT2D eigenvalue weighted by Gasteiger charge is 2.38. The summed E-state index contributed by atoms with van der Waals surface area (Å²) < 4.78 is 5.19. The van der Waals surface area contributed by atoms with Crippen LogP contribution in [0.1, 0.15) is 31.2 Å². The number of hydrogen-bond acceptors (Lipinski definition) is 5. The third-order valence-electron chi connectivity index (χ3n) is 5.88. The lowest BCUT2D eigenvalue weighted by atomic mass is 9.69. The van der Waals surface area contributed by atoms with Crippen molar-refractivity contribution >= 4 is 11.3 Å². The molecule has 0 amide bonds. The van der Waals surface area contributed by atoms with E-state index in [0.717, 1.165) is 45.1 Å². The number of aromatic nitrogens is 2. The third-order valence-corrected chi connectivity index (χ3v) is 7.04. The van der Waals surface area contributed by atoms with Crippen molar-refractivity contribution in [2.24, 2.45) is 0 Å². The van der Waals surface area contributed by atoms with Crippen molar-refractivity contribution in [2.75, 3.05) is 7.11 Å². The molecule has 0 atom stereocenters. The van der Waals surface area contributed by atoms with Gasteiger partial charge in [-0.25, -0.2) is 9.97 Å². The van der Waals surface area contributed by atoms with Crippen LogP contribution in [0.15, 0.2) is 72.9 Å². The van der Waals surface area contributed by atoms with Gasteiger partial charge in [-0.05, 0) is 42.9 Å². The van der Waals surface area contributed by atoms with E-state index in [1.807, 2.05) is 31.3 Å². The maximum absolute atomic E-state index is 10.1. The monoisotopic (exact) mass is 428 g/mol. The van der Waals surface area contributed by atoms with Crippen molar-refractivity contribution in [1.82, 2.24) is 9.97 Å². The van der Waals surface area contributed by atoms with Crippen molar-refractivity contribution in [3.8, 4) is 38.1 Å². The summed E-state index contributed by atoms with van der Waals surface area (Å²) in [6, 6.07) is 22.9. The second-order valence-corrected chi connectivity index (χ2v) is 9.38. The van der Waals surface area contributed by atoms with E-state index in [4.69, 9.17) is 9.72 Å². The van der Waals surface area contributed by atoms with E-state index in [-0.39, 0.29) is 0 Å². The second-order valence-electron chi connectivity index (χ2n) is 8.38. The first-order chi connectivity index (χ1) is 15.0. The molecule has 5 heteroatoms. The molecule has 156 valence electrons. The SMILES string of the molecule is COc1ccc(-c2nc(-c3ccc(C4CC(C)(O)C4)cc3)c(-c3ccccc3)s2)cn1. The molecular weight excluding hydrogens is 404 g/mol. The fourth-order valence-corrected chi connectivity index (χ4v) is 5.29. The largest absolute Gasteiger partial charge is 0.481 e. The normalized spacial score (nSPS) is 20.3. The van der Waals surface area contributed by atoms with Crippen LogP contribution in [-0.2, 0) is 0 Å². The van der Waals surface area contributed by atoms with Crippen LogP contribution in [0, 0.1) is 0 Å². The first-order valence-electron chi connectivity index (χ1n) is 10.4. The van der Waals surface area contributed by atoms with Crippen LogP contribution in [0.4, 0.5) is 0 Å². The summed E-state index contributed by atoms with van der Waals surface area (Å²) in [7, 11) is 1.62. The van der Waals surface area contributed by atoms with Crippen LogP contribution in [0.3, 0.4) is 0 Å². The molecule has 1 fully saturated rings. The van der Waals surface area contributed by atoms with E-state index >= 15 is 0 Å². The summed E-state index contributed by atoms with van der Waals surface area (Å²) in [5.74, 6) is 1.03. The van der Waals surface area contributed by atoms with Gasteiger partial charge in [0.1, 0.15) is 5.01 Å². The molecule has 2 aromatic heterocycles. The molecule has 0 aliphatic heterocycles. The smallest absolute Gasteiger partial charge is 0.212 e. The minimum Gasteiger partial charge on any atom is -0.481 e. The molecule has 31 heavy (non-hydrogen) atoms. The summed E-state index contributed by atoms with van der Waals surface area (Å²) in [5.41, 5.74) is 4.97. The Bertz CT molecular complexity index is 1170. The summed E-state index contributed by atoms with van der Waals surface area (Å²) in [4.78, 5) is 10.5. The molecule has 0 radical (unpaired) electrons. The minimum absolute atomic E-state index is 0.439. The number of aliphatic hydroxyl groups is 1. The van der Waals surface area contributed by atoms with Crippen molar-refractivity contribution in [3.63, 3.8) is 0 Å². The number of thiazole rings is 1. The van der Waals surface area contributed by atoms with Gasteiger partial charge in [0.2, 0.25) is 5.88 Å². The van der Waals surface area contributed by atoms with E-state index in [0.29, 0.717) is 11.8 Å². The molecule has 1 N–H and O–H groups in total. The maximum atomic E-state index is 10.1. The number of rotatable bonds is 5. The second kappa shape index (κ2) is 7.91. The quantitative estimate of drug-likeness (QED) is 0.413. The Morgan fingerprint density at radius 1 is 0.935 bits per heavy atom. The van der Waals surface area contributed by atoms with Crippen molar-refractivity contribution in [1.29, 1.82) is 0 Å².